The molecule has 0 bridgehead atoms. The molecule has 1 heterocycles. The molecule has 0 aliphatic heterocycles. The zero-order valence-corrected chi connectivity index (χ0v) is 9.08. The summed E-state index contributed by atoms with van der Waals surface area (Å²) in [6, 6.07) is 1.71. The highest BCUT2D eigenvalue weighted by Gasteiger charge is 2.13. The molecule has 0 saturated carbocycles. The molecule has 1 aromatic rings. The molecule has 0 amide bonds. The average molecular weight is 236 g/mol. The lowest BCUT2D eigenvalue weighted by atomic mass is 10.3. The average Bonchev–Trinajstić information content (AvgIpc) is 2.16. The van der Waals surface area contributed by atoms with Crippen molar-refractivity contribution in [2.45, 2.75) is 13.3 Å². The molecule has 3 nitrogen and oxygen atoms in total. The quantitative estimate of drug-likeness (QED) is 0.732. The maximum atomic E-state index is 12.3. The Morgan fingerprint density at radius 2 is 2.27 bits per heavy atom. The topological polar surface area (TPSA) is 29.0 Å². The zero-order chi connectivity index (χ0) is 11.3. The molecule has 0 saturated heterocycles. The fraction of sp³-hybridized carbons (Fsp3) is 0.556. The predicted molar refractivity (Wildman–Crippen MR) is 55.7 cm³/mol. The summed E-state index contributed by atoms with van der Waals surface area (Å²) in [7, 11) is 0. The van der Waals surface area contributed by atoms with Gasteiger partial charge in [0, 0.05) is 12.4 Å². The summed E-state index contributed by atoms with van der Waals surface area (Å²) in [5.41, 5.74) is 0.883. The van der Waals surface area contributed by atoms with Crippen LogP contribution in [0.1, 0.15) is 5.56 Å². The number of aryl methyl sites for hydroxylation is 1. The molecule has 6 heteroatoms. The Bertz CT molecular complexity index is 309. The van der Waals surface area contributed by atoms with Crippen molar-refractivity contribution < 1.29 is 8.78 Å². The Labute approximate surface area is 92.1 Å². The van der Waals surface area contributed by atoms with E-state index in [-0.39, 0.29) is 12.4 Å². The van der Waals surface area contributed by atoms with Gasteiger partial charge in [-0.15, -0.1) is 16.7 Å². The van der Waals surface area contributed by atoms with Crippen LogP contribution in [0.25, 0.3) is 0 Å². The van der Waals surface area contributed by atoms with E-state index in [0.717, 1.165) is 5.56 Å². The van der Waals surface area contributed by atoms with Crippen molar-refractivity contribution in [3.8, 4) is 0 Å². The van der Waals surface area contributed by atoms with E-state index in [1.807, 2.05) is 6.92 Å². The maximum Gasteiger partial charge on any atom is 0.255 e. The minimum atomic E-state index is -2.41. The minimum Gasteiger partial charge on any atom is -0.348 e. The fourth-order valence-corrected chi connectivity index (χ4v) is 1.38. The SMILES string of the molecule is Cc1cnnc(N(CCCl)CC(F)F)c1. The van der Waals surface area contributed by atoms with Crippen LogP contribution in [0.15, 0.2) is 12.3 Å². The van der Waals surface area contributed by atoms with E-state index in [4.69, 9.17) is 11.6 Å². The third kappa shape index (κ3) is 3.95. The summed E-state index contributed by atoms with van der Waals surface area (Å²) in [6.45, 7) is 1.80. The van der Waals surface area contributed by atoms with Gasteiger partial charge in [0.25, 0.3) is 6.43 Å². The van der Waals surface area contributed by atoms with Gasteiger partial charge in [-0.1, -0.05) is 0 Å². The second-order valence-corrected chi connectivity index (χ2v) is 3.50. The summed E-state index contributed by atoms with van der Waals surface area (Å²) in [6.07, 6.45) is -0.833. The van der Waals surface area contributed by atoms with Crippen molar-refractivity contribution in [3.05, 3.63) is 17.8 Å². The van der Waals surface area contributed by atoms with Gasteiger partial charge in [-0.25, -0.2) is 8.78 Å². The standard InChI is InChI=1S/C9H12ClF2N3/c1-7-4-9(14-13-5-7)15(3-2-10)6-8(11)12/h4-5,8H,2-3,6H2,1H3. The van der Waals surface area contributed by atoms with Crippen molar-refractivity contribution in [1.29, 1.82) is 0 Å². The normalized spacial score (nSPS) is 10.7. The second kappa shape index (κ2) is 5.80. The molecular weight excluding hydrogens is 224 g/mol. The van der Waals surface area contributed by atoms with E-state index in [1.54, 1.807) is 12.3 Å². The van der Waals surface area contributed by atoms with Crippen LogP contribution >= 0.6 is 11.6 Å². The van der Waals surface area contributed by atoms with Crippen LogP contribution in [-0.2, 0) is 0 Å². The first kappa shape index (κ1) is 12.1. The number of halogens is 3. The number of aromatic nitrogens is 2. The van der Waals surface area contributed by atoms with E-state index < -0.39 is 6.43 Å². The predicted octanol–water partition coefficient (Wildman–Crippen LogP) is 2.10. The van der Waals surface area contributed by atoms with Crippen LogP contribution in [-0.4, -0.2) is 35.6 Å². The number of hydrogen-bond acceptors (Lipinski definition) is 3. The van der Waals surface area contributed by atoms with Gasteiger partial charge in [-0.3, -0.25) is 0 Å². The second-order valence-electron chi connectivity index (χ2n) is 3.12. The van der Waals surface area contributed by atoms with Gasteiger partial charge >= 0.3 is 0 Å². The van der Waals surface area contributed by atoms with E-state index >= 15 is 0 Å². The lowest BCUT2D eigenvalue weighted by Gasteiger charge is -2.21. The number of alkyl halides is 3. The van der Waals surface area contributed by atoms with Gasteiger partial charge in [0.15, 0.2) is 5.82 Å². The Kier molecular flexibility index (Phi) is 4.68. The Morgan fingerprint density at radius 1 is 1.53 bits per heavy atom. The van der Waals surface area contributed by atoms with Crippen molar-refractivity contribution >= 4 is 17.4 Å². The van der Waals surface area contributed by atoms with Gasteiger partial charge in [0.1, 0.15) is 0 Å². The summed E-state index contributed by atoms with van der Waals surface area (Å²) in [5.74, 6) is 0.721. The summed E-state index contributed by atoms with van der Waals surface area (Å²) < 4.78 is 24.5. The first-order valence-corrected chi connectivity index (χ1v) is 5.05. The van der Waals surface area contributed by atoms with Crippen LogP contribution in [0.4, 0.5) is 14.6 Å². The minimum absolute atomic E-state index is 0.280. The van der Waals surface area contributed by atoms with E-state index in [9.17, 15) is 8.78 Å². The zero-order valence-electron chi connectivity index (χ0n) is 8.33. The van der Waals surface area contributed by atoms with Gasteiger partial charge in [0.2, 0.25) is 0 Å². The molecule has 1 aromatic heterocycles. The van der Waals surface area contributed by atoms with Crippen LogP contribution in [0.5, 0.6) is 0 Å². The molecule has 0 aliphatic carbocycles. The lowest BCUT2D eigenvalue weighted by molar-refractivity contribution is 0.155. The van der Waals surface area contributed by atoms with Crippen molar-refractivity contribution in [3.63, 3.8) is 0 Å². The molecular formula is C9H12ClF2N3. The van der Waals surface area contributed by atoms with Gasteiger partial charge < -0.3 is 4.90 Å². The number of hydrogen-bond donors (Lipinski definition) is 0. The highest BCUT2D eigenvalue weighted by Crippen LogP contribution is 2.12. The van der Waals surface area contributed by atoms with Crippen molar-refractivity contribution in [2.75, 3.05) is 23.9 Å². The molecule has 0 atom stereocenters. The Morgan fingerprint density at radius 3 is 2.80 bits per heavy atom. The number of rotatable bonds is 5. The van der Waals surface area contributed by atoms with Crippen LogP contribution in [0.3, 0.4) is 0 Å². The number of nitrogens with zero attached hydrogens (tertiary/aromatic N) is 3. The van der Waals surface area contributed by atoms with Gasteiger partial charge in [-0.2, -0.15) is 5.10 Å². The highest BCUT2D eigenvalue weighted by molar-refractivity contribution is 6.18. The Balaban J connectivity index is 2.78. The number of anilines is 1. The van der Waals surface area contributed by atoms with Gasteiger partial charge in [-0.05, 0) is 18.6 Å². The molecule has 0 aromatic carbocycles. The summed E-state index contributed by atoms with van der Waals surface area (Å²) >= 11 is 5.53. The highest BCUT2D eigenvalue weighted by atomic mass is 35.5. The third-order valence-corrected chi connectivity index (χ3v) is 1.98. The van der Waals surface area contributed by atoms with Crippen LogP contribution < -0.4 is 4.90 Å². The molecule has 1 rings (SSSR count). The van der Waals surface area contributed by atoms with Crippen molar-refractivity contribution in [1.82, 2.24) is 10.2 Å². The molecule has 0 aliphatic rings. The monoisotopic (exact) mass is 235 g/mol. The summed E-state index contributed by atoms with van der Waals surface area (Å²) in [4.78, 5) is 1.43. The third-order valence-electron chi connectivity index (χ3n) is 1.82. The fourth-order valence-electron chi connectivity index (χ4n) is 1.17. The van der Waals surface area contributed by atoms with Crippen LogP contribution in [0.2, 0.25) is 0 Å². The van der Waals surface area contributed by atoms with Crippen molar-refractivity contribution in [2.24, 2.45) is 0 Å². The van der Waals surface area contributed by atoms with E-state index in [1.165, 1.54) is 4.90 Å². The largest absolute Gasteiger partial charge is 0.348 e. The van der Waals surface area contributed by atoms with Crippen LogP contribution in [0, 0.1) is 6.92 Å². The smallest absolute Gasteiger partial charge is 0.255 e. The molecule has 0 unspecified atom stereocenters. The first-order chi connectivity index (χ1) is 7.13. The lowest BCUT2D eigenvalue weighted by Crippen LogP contribution is -2.31. The summed E-state index contributed by atoms with van der Waals surface area (Å²) in [5, 5.41) is 7.51. The van der Waals surface area contributed by atoms with E-state index in [0.29, 0.717) is 12.4 Å². The van der Waals surface area contributed by atoms with Gasteiger partial charge in [0.05, 0.1) is 12.7 Å². The maximum absolute atomic E-state index is 12.3. The molecule has 0 radical (unpaired) electrons. The molecule has 0 fully saturated rings. The molecule has 0 spiro atoms. The molecule has 0 N–H and O–H groups in total. The molecule has 84 valence electrons. The van der Waals surface area contributed by atoms with E-state index in [2.05, 4.69) is 10.2 Å². The molecule has 15 heavy (non-hydrogen) atoms. The Hall–Kier alpha value is -0.970. The first-order valence-electron chi connectivity index (χ1n) is 4.52.